The average molecular weight is 255 g/mol. The second-order valence-electron chi connectivity index (χ2n) is 4.64. The molecule has 0 spiro atoms. The molecule has 1 aliphatic carbocycles. The number of carboxylic acid groups (broad SMARTS) is 1. The maximum absolute atomic E-state index is 13.7. The lowest BCUT2D eigenvalue weighted by molar-refractivity contribution is -0.139. The van der Waals surface area contributed by atoms with Crippen LogP contribution in [0.5, 0.6) is 0 Å². The summed E-state index contributed by atoms with van der Waals surface area (Å²) >= 11 is 0. The van der Waals surface area contributed by atoms with Gasteiger partial charge in [-0.3, -0.25) is 9.69 Å². The number of benzene rings is 1. The van der Waals surface area contributed by atoms with Crippen LogP contribution < -0.4 is 0 Å². The van der Waals surface area contributed by atoms with Gasteiger partial charge in [0.2, 0.25) is 0 Å². The molecule has 3 nitrogen and oxygen atoms in total. The molecule has 1 N–H and O–H groups in total. The van der Waals surface area contributed by atoms with Crippen LogP contribution in [0.3, 0.4) is 0 Å². The summed E-state index contributed by atoms with van der Waals surface area (Å²) < 4.78 is 26.8. The van der Waals surface area contributed by atoms with Crippen molar-refractivity contribution in [1.82, 2.24) is 4.90 Å². The molecule has 0 heterocycles. The van der Waals surface area contributed by atoms with Crippen LogP contribution in [0.2, 0.25) is 0 Å². The van der Waals surface area contributed by atoms with E-state index in [9.17, 15) is 13.6 Å². The highest BCUT2D eigenvalue weighted by Gasteiger charge is 2.34. The minimum Gasteiger partial charge on any atom is -0.480 e. The molecular formula is C13H15F2NO2. The lowest BCUT2D eigenvalue weighted by Crippen LogP contribution is -2.34. The summed E-state index contributed by atoms with van der Waals surface area (Å²) in [5, 5.41) is 8.87. The summed E-state index contributed by atoms with van der Waals surface area (Å²) in [7, 11) is 0. The molecule has 18 heavy (non-hydrogen) atoms. The number of carboxylic acids is 1. The Hall–Kier alpha value is -1.49. The van der Waals surface area contributed by atoms with Gasteiger partial charge in [0.1, 0.15) is 11.6 Å². The fourth-order valence-corrected chi connectivity index (χ4v) is 2.16. The SMILES string of the molecule is CC(c1cc(F)ccc1F)N(CC(=O)O)C1CC1. The Labute approximate surface area is 104 Å². The van der Waals surface area contributed by atoms with Crippen LogP contribution >= 0.6 is 0 Å². The van der Waals surface area contributed by atoms with Gasteiger partial charge in [-0.05, 0) is 38.0 Å². The highest BCUT2D eigenvalue weighted by Crippen LogP contribution is 2.34. The maximum Gasteiger partial charge on any atom is 0.317 e. The lowest BCUT2D eigenvalue weighted by Gasteiger charge is -2.28. The average Bonchev–Trinajstić information content (AvgIpc) is 3.12. The molecule has 0 amide bonds. The summed E-state index contributed by atoms with van der Waals surface area (Å²) in [6.45, 7) is 1.56. The minimum absolute atomic E-state index is 0.151. The zero-order chi connectivity index (χ0) is 13.3. The normalized spacial score (nSPS) is 16.9. The first-order valence-corrected chi connectivity index (χ1v) is 5.91. The highest BCUT2D eigenvalue weighted by atomic mass is 19.1. The number of aliphatic carboxylic acids is 1. The summed E-state index contributed by atoms with van der Waals surface area (Å²) in [6, 6.07) is 3.00. The van der Waals surface area contributed by atoms with Crippen molar-refractivity contribution >= 4 is 5.97 Å². The first-order valence-electron chi connectivity index (χ1n) is 5.91. The summed E-state index contributed by atoms with van der Waals surface area (Å²) in [5.74, 6) is -1.96. The maximum atomic E-state index is 13.7. The largest absolute Gasteiger partial charge is 0.480 e. The van der Waals surface area contributed by atoms with Gasteiger partial charge in [-0.25, -0.2) is 8.78 Å². The third-order valence-corrected chi connectivity index (χ3v) is 3.24. The molecule has 1 aromatic carbocycles. The number of hydrogen-bond acceptors (Lipinski definition) is 2. The van der Waals surface area contributed by atoms with Gasteiger partial charge in [-0.1, -0.05) is 0 Å². The Balaban J connectivity index is 2.23. The minimum atomic E-state index is -0.953. The molecular weight excluding hydrogens is 240 g/mol. The van der Waals surface area contributed by atoms with Gasteiger partial charge >= 0.3 is 5.97 Å². The molecule has 1 saturated carbocycles. The quantitative estimate of drug-likeness (QED) is 0.879. The third kappa shape index (κ3) is 2.85. The summed E-state index contributed by atoms with van der Waals surface area (Å²) in [4.78, 5) is 12.5. The fourth-order valence-electron chi connectivity index (χ4n) is 2.16. The highest BCUT2D eigenvalue weighted by molar-refractivity contribution is 5.69. The van der Waals surface area contributed by atoms with E-state index in [-0.39, 0.29) is 18.2 Å². The van der Waals surface area contributed by atoms with Crippen molar-refractivity contribution in [3.63, 3.8) is 0 Å². The second kappa shape index (κ2) is 5.02. The predicted molar refractivity (Wildman–Crippen MR) is 62.1 cm³/mol. The lowest BCUT2D eigenvalue weighted by atomic mass is 10.1. The van der Waals surface area contributed by atoms with Crippen LogP contribution in [-0.2, 0) is 4.79 Å². The van der Waals surface area contributed by atoms with Crippen LogP contribution in [0, 0.1) is 11.6 Å². The van der Waals surface area contributed by atoms with Crippen molar-refractivity contribution in [2.24, 2.45) is 0 Å². The molecule has 0 bridgehead atoms. The first-order chi connectivity index (χ1) is 8.49. The molecule has 1 atom stereocenters. The number of rotatable bonds is 5. The molecule has 5 heteroatoms. The topological polar surface area (TPSA) is 40.5 Å². The predicted octanol–water partition coefficient (Wildman–Crippen LogP) is 2.57. The number of carbonyl (C=O) groups is 1. The van der Waals surface area contributed by atoms with Crippen molar-refractivity contribution < 1.29 is 18.7 Å². The molecule has 0 radical (unpaired) electrons. The zero-order valence-corrected chi connectivity index (χ0v) is 10.1. The van der Waals surface area contributed by atoms with Crippen molar-refractivity contribution in [2.45, 2.75) is 31.8 Å². The summed E-state index contributed by atoms with van der Waals surface area (Å²) in [5.41, 5.74) is 0.211. The van der Waals surface area contributed by atoms with E-state index in [1.165, 1.54) is 0 Å². The molecule has 2 rings (SSSR count). The second-order valence-corrected chi connectivity index (χ2v) is 4.64. The first kappa shape index (κ1) is 13.0. The molecule has 0 saturated heterocycles. The molecule has 1 fully saturated rings. The third-order valence-electron chi connectivity index (χ3n) is 3.24. The molecule has 1 aliphatic rings. The smallest absolute Gasteiger partial charge is 0.317 e. The molecule has 1 unspecified atom stereocenters. The number of hydrogen-bond donors (Lipinski definition) is 1. The molecule has 0 aromatic heterocycles. The van der Waals surface area contributed by atoms with E-state index in [0.29, 0.717) is 0 Å². The van der Waals surface area contributed by atoms with Gasteiger partial charge in [0.15, 0.2) is 0 Å². The Bertz CT molecular complexity index is 460. The number of halogens is 2. The fraction of sp³-hybridized carbons (Fsp3) is 0.462. The van der Waals surface area contributed by atoms with Crippen molar-refractivity contribution in [2.75, 3.05) is 6.54 Å². The van der Waals surface area contributed by atoms with Crippen LogP contribution in [-0.4, -0.2) is 28.6 Å². The van der Waals surface area contributed by atoms with Gasteiger partial charge in [-0.15, -0.1) is 0 Å². The molecule has 1 aromatic rings. The van der Waals surface area contributed by atoms with E-state index in [0.717, 1.165) is 31.0 Å². The Morgan fingerprint density at radius 1 is 1.50 bits per heavy atom. The van der Waals surface area contributed by atoms with E-state index >= 15 is 0 Å². The van der Waals surface area contributed by atoms with Crippen LogP contribution in [0.25, 0.3) is 0 Å². The van der Waals surface area contributed by atoms with Gasteiger partial charge < -0.3 is 5.11 Å². The Morgan fingerprint density at radius 3 is 2.72 bits per heavy atom. The summed E-state index contributed by atoms with van der Waals surface area (Å²) in [6.07, 6.45) is 1.82. The van der Waals surface area contributed by atoms with Crippen molar-refractivity contribution in [3.8, 4) is 0 Å². The van der Waals surface area contributed by atoms with Crippen LogP contribution in [0.1, 0.15) is 31.4 Å². The Morgan fingerprint density at radius 2 is 2.17 bits per heavy atom. The van der Waals surface area contributed by atoms with E-state index in [2.05, 4.69) is 0 Å². The Kier molecular flexibility index (Phi) is 3.61. The zero-order valence-electron chi connectivity index (χ0n) is 10.1. The number of nitrogens with zero attached hydrogens (tertiary/aromatic N) is 1. The standard InChI is InChI=1S/C13H15F2NO2/c1-8(11-6-9(14)2-5-12(11)15)16(7-13(17)18)10-3-4-10/h2,5-6,8,10H,3-4,7H2,1H3,(H,17,18). The van der Waals surface area contributed by atoms with Gasteiger partial charge in [0.25, 0.3) is 0 Å². The van der Waals surface area contributed by atoms with Crippen molar-refractivity contribution in [1.29, 1.82) is 0 Å². The monoisotopic (exact) mass is 255 g/mol. The molecule has 0 aliphatic heterocycles. The van der Waals surface area contributed by atoms with Crippen molar-refractivity contribution in [3.05, 3.63) is 35.4 Å². The van der Waals surface area contributed by atoms with Gasteiger partial charge in [0, 0.05) is 17.6 Å². The van der Waals surface area contributed by atoms with E-state index in [1.807, 2.05) is 0 Å². The molecule has 98 valence electrons. The van der Waals surface area contributed by atoms with Crippen LogP contribution in [0.15, 0.2) is 18.2 Å². The van der Waals surface area contributed by atoms with Gasteiger partial charge in [-0.2, -0.15) is 0 Å². The van der Waals surface area contributed by atoms with E-state index < -0.39 is 23.6 Å². The van der Waals surface area contributed by atoms with E-state index in [1.54, 1.807) is 11.8 Å². The van der Waals surface area contributed by atoms with Crippen LogP contribution in [0.4, 0.5) is 8.78 Å². The van der Waals surface area contributed by atoms with Gasteiger partial charge in [0.05, 0.1) is 6.54 Å². The van der Waals surface area contributed by atoms with E-state index in [4.69, 9.17) is 5.11 Å².